The van der Waals surface area contributed by atoms with Gasteiger partial charge in [-0.15, -0.1) is 0 Å². The Kier molecular flexibility index (Phi) is 4.77. The van der Waals surface area contributed by atoms with E-state index in [2.05, 4.69) is 29.8 Å². The highest BCUT2D eigenvalue weighted by molar-refractivity contribution is 7.89. The predicted octanol–water partition coefficient (Wildman–Crippen LogP) is 4.28. The normalized spacial score (nSPS) is 15.4. The minimum absolute atomic E-state index is 0.0487. The lowest BCUT2D eigenvalue weighted by Gasteiger charge is -2.17. The number of ether oxygens (including phenoxy) is 1. The van der Waals surface area contributed by atoms with Crippen LogP contribution < -0.4 is 4.74 Å². The van der Waals surface area contributed by atoms with Gasteiger partial charge in [0.25, 0.3) is 0 Å². The zero-order valence-corrected chi connectivity index (χ0v) is 17.1. The van der Waals surface area contributed by atoms with E-state index >= 15 is 0 Å². The van der Waals surface area contributed by atoms with Crippen molar-refractivity contribution >= 4 is 26.6 Å². The summed E-state index contributed by atoms with van der Waals surface area (Å²) >= 11 is 0. The van der Waals surface area contributed by atoms with Gasteiger partial charge in [-0.25, -0.2) is 8.42 Å². The summed E-state index contributed by atoms with van der Waals surface area (Å²) in [4.78, 5) is 0.284. The van der Waals surface area contributed by atoms with Gasteiger partial charge in [0.1, 0.15) is 5.75 Å². The van der Waals surface area contributed by atoms with E-state index in [1.807, 2.05) is 32.1 Å². The molecule has 4 rings (SSSR count). The molecule has 146 valence electrons. The van der Waals surface area contributed by atoms with E-state index in [1.54, 1.807) is 24.3 Å². The maximum atomic E-state index is 13.1. The van der Waals surface area contributed by atoms with Crippen LogP contribution in [0.5, 0.6) is 5.75 Å². The molecule has 0 saturated heterocycles. The minimum Gasteiger partial charge on any atom is -0.491 e. The van der Waals surface area contributed by atoms with Crippen LogP contribution in [0.3, 0.4) is 0 Å². The molecule has 0 amide bonds. The van der Waals surface area contributed by atoms with Gasteiger partial charge in [-0.2, -0.15) is 4.31 Å². The first kappa shape index (κ1) is 18.8. The highest BCUT2D eigenvalue weighted by atomic mass is 32.2. The van der Waals surface area contributed by atoms with Crippen molar-refractivity contribution in [3.05, 3.63) is 66.4 Å². The van der Waals surface area contributed by atoms with Gasteiger partial charge in [0.05, 0.1) is 23.1 Å². The van der Waals surface area contributed by atoms with Crippen LogP contribution in [0.2, 0.25) is 0 Å². The topological polar surface area (TPSA) is 51.5 Å². The smallest absolute Gasteiger partial charge is 0.243 e. The van der Waals surface area contributed by atoms with Crippen molar-refractivity contribution in [2.45, 2.75) is 31.8 Å². The molecule has 0 bridgehead atoms. The highest BCUT2D eigenvalue weighted by Crippen LogP contribution is 2.29. The maximum Gasteiger partial charge on any atom is 0.243 e. The molecular weight excluding hydrogens is 372 g/mol. The molecule has 0 unspecified atom stereocenters. The van der Waals surface area contributed by atoms with Gasteiger partial charge in [0, 0.05) is 23.8 Å². The Hall–Kier alpha value is -2.57. The third kappa shape index (κ3) is 3.34. The number of rotatable bonds is 5. The summed E-state index contributed by atoms with van der Waals surface area (Å²) in [5, 5.41) is 1.19. The van der Waals surface area contributed by atoms with Crippen molar-refractivity contribution in [3.63, 3.8) is 0 Å². The SMILES string of the molecule is Cc1cn(C2=CCN(S(=O)(=O)c3ccc(OC(C)C)cc3)C2)c2ccccc12. The van der Waals surface area contributed by atoms with E-state index in [-0.39, 0.29) is 11.0 Å². The van der Waals surface area contributed by atoms with Crippen LogP contribution in [0.4, 0.5) is 0 Å². The molecule has 1 aliphatic rings. The Labute approximate surface area is 165 Å². The number of sulfonamides is 1. The van der Waals surface area contributed by atoms with Crippen LogP contribution in [-0.4, -0.2) is 36.5 Å². The lowest BCUT2D eigenvalue weighted by atomic mass is 10.2. The Morgan fingerprint density at radius 1 is 1.04 bits per heavy atom. The number of aryl methyl sites for hydroxylation is 1. The number of hydrogen-bond donors (Lipinski definition) is 0. The molecule has 0 radical (unpaired) electrons. The molecule has 1 aliphatic heterocycles. The summed E-state index contributed by atoms with van der Waals surface area (Å²) < 4.78 is 35.3. The van der Waals surface area contributed by atoms with E-state index in [0.717, 1.165) is 11.2 Å². The van der Waals surface area contributed by atoms with Crippen LogP contribution in [0.25, 0.3) is 16.6 Å². The van der Waals surface area contributed by atoms with E-state index in [1.165, 1.54) is 15.3 Å². The number of hydrogen-bond acceptors (Lipinski definition) is 3. The quantitative estimate of drug-likeness (QED) is 0.647. The Bertz CT molecular complexity index is 1140. The lowest BCUT2D eigenvalue weighted by Crippen LogP contribution is -2.29. The first-order chi connectivity index (χ1) is 13.4. The van der Waals surface area contributed by atoms with Crippen molar-refractivity contribution < 1.29 is 13.2 Å². The first-order valence-corrected chi connectivity index (χ1v) is 10.8. The summed E-state index contributed by atoms with van der Waals surface area (Å²) in [5.41, 5.74) is 3.26. The zero-order valence-electron chi connectivity index (χ0n) is 16.3. The van der Waals surface area contributed by atoms with E-state index in [9.17, 15) is 8.42 Å². The number of fused-ring (bicyclic) bond motifs is 1. The van der Waals surface area contributed by atoms with Crippen LogP contribution in [0.15, 0.2) is 65.7 Å². The summed E-state index contributed by atoms with van der Waals surface area (Å²) in [5.74, 6) is 0.670. The molecule has 0 fully saturated rings. The van der Waals surface area contributed by atoms with Gasteiger partial charge in [-0.3, -0.25) is 0 Å². The molecule has 6 heteroatoms. The third-order valence-corrected chi connectivity index (χ3v) is 6.75. The molecule has 0 atom stereocenters. The van der Waals surface area contributed by atoms with Gasteiger partial charge in [-0.1, -0.05) is 18.2 Å². The predicted molar refractivity (Wildman–Crippen MR) is 112 cm³/mol. The summed E-state index contributed by atoms with van der Waals surface area (Å²) in [6, 6.07) is 14.8. The summed E-state index contributed by atoms with van der Waals surface area (Å²) in [6.45, 7) is 6.67. The number of benzene rings is 2. The average Bonchev–Trinajstić information content (AvgIpc) is 3.28. The standard InChI is InChI=1S/C22H24N2O3S/c1-16(2)27-19-8-10-20(11-9-19)28(25,26)23-13-12-18(15-23)24-14-17(3)21-6-4-5-7-22(21)24/h4-12,14,16H,13,15H2,1-3H3. The Morgan fingerprint density at radius 2 is 1.75 bits per heavy atom. The van der Waals surface area contributed by atoms with E-state index in [0.29, 0.717) is 18.8 Å². The van der Waals surface area contributed by atoms with Crippen molar-refractivity contribution in [1.82, 2.24) is 8.87 Å². The molecule has 28 heavy (non-hydrogen) atoms. The van der Waals surface area contributed by atoms with Crippen molar-refractivity contribution in [2.24, 2.45) is 0 Å². The monoisotopic (exact) mass is 396 g/mol. The third-order valence-electron chi connectivity index (χ3n) is 4.92. The number of para-hydroxylation sites is 1. The van der Waals surface area contributed by atoms with Crippen LogP contribution in [-0.2, 0) is 10.0 Å². The number of aromatic nitrogens is 1. The second kappa shape index (κ2) is 7.11. The van der Waals surface area contributed by atoms with Gasteiger partial charge >= 0.3 is 0 Å². The lowest BCUT2D eigenvalue weighted by molar-refractivity contribution is 0.242. The molecule has 0 aliphatic carbocycles. The number of nitrogens with zero attached hydrogens (tertiary/aromatic N) is 2. The second-order valence-corrected chi connectivity index (χ2v) is 9.27. The molecule has 1 aromatic heterocycles. The minimum atomic E-state index is -3.56. The first-order valence-electron chi connectivity index (χ1n) is 9.39. The zero-order chi connectivity index (χ0) is 19.9. The molecule has 0 saturated carbocycles. The Balaban J connectivity index is 1.57. The van der Waals surface area contributed by atoms with Crippen LogP contribution in [0.1, 0.15) is 19.4 Å². The van der Waals surface area contributed by atoms with Gasteiger partial charge in [0.2, 0.25) is 10.0 Å². The average molecular weight is 397 g/mol. The van der Waals surface area contributed by atoms with Gasteiger partial charge in [0.15, 0.2) is 0 Å². The fraction of sp³-hybridized carbons (Fsp3) is 0.273. The molecule has 5 nitrogen and oxygen atoms in total. The van der Waals surface area contributed by atoms with Crippen LogP contribution in [0, 0.1) is 6.92 Å². The molecular formula is C22H24N2O3S. The highest BCUT2D eigenvalue weighted by Gasteiger charge is 2.29. The fourth-order valence-corrected chi connectivity index (χ4v) is 4.92. The molecule has 0 spiro atoms. The van der Waals surface area contributed by atoms with E-state index < -0.39 is 10.0 Å². The maximum absolute atomic E-state index is 13.1. The van der Waals surface area contributed by atoms with Gasteiger partial charge < -0.3 is 9.30 Å². The molecule has 2 heterocycles. The Morgan fingerprint density at radius 3 is 2.46 bits per heavy atom. The summed E-state index contributed by atoms with van der Waals surface area (Å²) in [7, 11) is -3.56. The molecule has 3 aromatic rings. The molecule has 2 aromatic carbocycles. The van der Waals surface area contributed by atoms with Crippen LogP contribution >= 0.6 is 0 Å². The largest absolute Gasteiger partial charge is 0.491 e. The van der Waals surface area contributed by atoms with Crippen molar-refractivity contribution in [2.75, 3.05) is 13.1 Å². The van der Waals surface area contributed by atoms with Crippen molar-refractivity contribution in [3.8, 4) is 5.75 Å². The van der Waals surface area contributed by atoms with Crippen molar-refractivity contribution in [1.29, 1.82) is 0 Å². The van der Waals surface area contributed by atoms with Gasteiger partial charge in [-0.05, 0) is 62.7 Å². The summed E-state index contributed by atoms with van der Waals surface area (Å²) in [6.07, 6.45) is 4.11. The second-order valence-electron chi connectivity index (χ2n) is 7.33. The molecule has 0 N–H and O–H groups in total. The fourth-order valence-electron chi connectivity index (χ4n) is 3.57. The van der Waals surface area contributed by atoms with E-state index in [4.69, 9.17) is 4.74 Å².